The lowest BCUT2D eigenvalue weighted by Gasteiger charge is -2.25. The van der Waals surface area contributed by atoms with Crippen molar-refractivity contribution in [3.63, 3.8) is 0 Å². The molecule has 2 heterocycles. The van der Waals surface area contributed by atoms with Crippen LogP contribution in [0.3, 0.4) is 0 Å². The Hall–Kier alpha value is -3.19. The third-order valence-electron chi connectivity index (χ3n) is 4.91. The lowest BCUT2D eigenvalue weighted by molar-refractivity contribution is -0.140. The standard InChI is InChI=1S/C23H26N2O5/c1-3-14-30-18-7-5-17(6-8-18)21(26)19-20(16-9-11-24-12-10-16)25(13-4-15-29-2)23(28)22(19)27/h5-12,20,26H,3-4,13-15H2,1-2H3/t20-/m1/s1. The molecule has 7 nitrogen and oxygen atoms in total. The monoisotopic (exact) mass is 410 g/mol. The number of ether oxygens (including phenoxy) is 2. The minimum Gasteiger partial charge on any atom is -0.507 e. The first kappa shape index (κ1) is 21.5. The van der Waals surface area contributed by atoms with Gasteiger partial charge in [0, 0.05) is 38.2 Å². The Kier molecular flexibility index (Phi) is 7.19. The smallest absolute Gasteiger partial charge is 0.295 e. The summed E-state index contributed by atoms with van der Waals surface area (Å²) in [5, 5.41) is 11.0. The lowest BCUT2D eigenvalue weighted by atomic mass is 9.96. The van der Waals surface area contributed by atoms with Crippen LogP contribution >= 0.6 is 0 Å². The van der Waals surface area contributed by atoms with Crippen LogP contribution in [0.15, 0.2) is 54.4 Å². The number of ketones is 1. The number of amides is 1. The molecule has 0 bridgehead atoms. The van der Waals surface area contributed by atoms with Gasteiger partial charge in [0.1, 0.15) is 11.5 Å². The number of methoxy groups -OCH3 is 1. The number of rotatable bonds is 9. The number of benzene rings is 1. The molecule has 0 spiro atoms. The van der Waals surface area contributed by atoms with Crippen LogP contribution in [0.2, 0.25) is 0 Å². The molecule has 7 heteroatoms. The van der Waals surface area contributed by atoms with Crippen LogP contribution in [0, 0.1) is 0 Å². The summed E-state index contributed by atoms with van der Waals surface area (Å²) in [6, 6.07) is 9.65. The number of nitrogens with zero attached hydrogens (tertiary/aromatic N) is 2. The Morgan fingerprint density at radius 2 is 1.80 bits per heavy atom. The van der Waals surface area contributed by atoms with Crippen molar-refractivity contribution in [1.29, 1.82) is 0 Å². The molecule has 3 rings (SSSR count). The van der Waals surface area contributed by atoms with Crippen molar-refractivity contribution in [3.05, 3.63) is 65.5 Å². The first-order valence-corrected chi connectivity index (χ1v) is 9.99. The number of carbonyl (C=O) groups is 2. The van der Waals surface area contributed by atoms with Gasteiger partial charge in [0.05, 0.1) is 18.2 Å². The molecule has 0 saturated carbocycles. The minimum absolute atomic E-state index is 0.0749. The quantitative estimate of drug-likeness (QED) is 0.295. The molecule has 0 unspecified atom stereocenters. The van der Waals surface area contributed by atoms with Crippen LogP contribution in [0.1, 0.15) is 36.9 Å². The van der Waals surface area contributed by atoms with E-state index in [1.165, 1.54) is 4.90 Å². The second-order valence-corrected chi connectivity index (χ2v) is 6.99. The second-order valence-electron chi connectivity index (χ2n) is 6.99. The highest BCUT2D eigenvalue weighted by atomic mass is 16.5. The average molecular weight is 410 g/mol. The third-order valence-corrected chi connectivity index (χ3v) is 4.91. The van der Waals surface area contributed by atoms with Crippen LogP contribution < -0.4 is 4.74 Å². The van der Waals surface area contributed by atoms with Gasteiger partial charge in [-0.1, -0.05) is 6.92 Å². The second kappa shape index (κ2) is 10.0. The first-order chi connectivity index (χ1) is 14.6. The summed E-state index contributed by atoms with van der Waals surface area (Å²) in [6.07, 6.45) is 4.67. The molecule has 0 radical (unpaired) electrons. The molecule has 158 valence electrons. The molecular formula is C23H26N2O5. The zero-order valence-electron chi connectivity index (χ0n) is 17.2. The van der Waals surface area contributed by atoms with Gasteiger partial charge in [-0.3, -0.25) is 14.6 Å². The molecule has 1 amide bonds. The molecule has 1 aliphatic heterocycles. The highest BCUT2D eigenvalue weighted by molar-refractivity contribution is 6.46. The Morgan fingerprint density at radius 1 is 1.10 bits per heavy atom. The Balaban J connectivity index is 2.00. The number of aromatic nitrogens is 1. The maximum atomic E-state index is 12.9. The van der Waals surface area contributed by atoms with Gasteiger partial charge in [-0.2, -0.15) is 0 Å². The van der Waals surface area contributed by atoms with Crippen LogP contribution in [-0.4, -0.2) is 53.5 Å². The first-order valence-electron chi connectivity index (χ1n) is 9.99. The number of hydrogen-bond acceptors (Lipinski definition) is 6. The zero-order valence-corrected chi connectivity index (χ0v) is 17.2. The summed E-state index contributed by atoms with van der Waals surface area (Å²) in [6.45, 7) is 3.42. The van der Waals surface area contributed by atoms with Crippen LogP contribution in [-0.2, 0) is 14.3 Å². The lowest BCUT2D eigenvalue weighted by Crippen LogP contribution is -2.31. The molecule has 1 fully saturated rings. The van der Waals surface area contributed by atoms with E-state index in [-0.39, 0.29) is 11.3 Å². The van der Waals surface area contributed by atoms with E-state index in [1.54, 1.807) is 55.9 Å². The molecule has 1 atom stereocenters. The molecule has 1 N–H and O–H groups in total. The van der Waals surface area contributed by atoms with Gasteiger partial charge in [-0.05, 0) is 54.8 Å². The predicted octanol–water partition coefficient (Wildman–Crippen LogP) is 3.33. The van der Waals surface area contributed by atoms with Crippen molar-refractivity contribution < 1.29 is 24.2 Å². The van der Waals surface area contributed by atoms with E-state index in [0.29, 0.717) is 43.1 Å². The van der Waals surface area contributed by atoms with Gasteiger partial charge in [-0.15, -0.1) is 0 Å². The molecule has 1 aliphatic rings. The average Bonchev–Trinajstić information content (AvgIpc) is 3.03. The van der Waals surface area contributed by atoms with Crippen molar-refractivity contribution >= 4 is 17.4 Å². The molecule has 1 saturated heterocycles. The maximum absolute atomic E-state index is 12.9. The summed E-state index contributed by atoms with van der Waals surface area (Å²) in [7, 11) is 1.59. The summed E-state index contributed by atoms with van der Waals surface area (Å²) >= 11 is 0. The van der Waals surface area contributed by atoms with Gasteiger partial charge in [0.25, 0.3) is 11.7 Å². The summed E-state index contributed by atoms with van der Waals surface area (Å²) in [4.78, 5) is 31.1. The fourth-order valence-electron chi connectivity index (χ4n) is 3.47. The van der Waals surface area contributed by atoms with Crippen molar-refractivity contribution in [1.82, 2.24) is 9.88 Å². The molecule has 0 aliphatic carbocycles. The highest BCUT2D eigenvalue weighted by Gasteiger charge is 2.45. The molecular weight excluding hydrogens is 384 g/mol. The fraction of sp³-hybridized carbons (Fsp3) is 0.348. The number of hydrogen-bond donors (Lipinski definition) is 1. The van der Waals surface area contributed by atoms with Crippen molar-refractivity contribution in [2.75, 3.05) is 26.9 Å². The molecule has 1 aromatic carbocycles. The number of likely N-dealkylation sites (tertiary alicyclic amines) is 1. The third kappa shape index (κ3) is 4.52. The van der Waals surface area contributed by atoms with Crippen molar-refractivity contribution in [2.45, 2.75) is 25.8 Å². The largest absolute Gasteiger partial charge is 0.507 e. The van der Waals surface area contributed by atoms with Gasteiger partial charge in [0.2, 0.25) is 0 Å². The molecule has 1 aromatic heterocycles. The Morgan fingerprint density at radius 3 is 2.43 bits per heavy atom. The summed E-state index contributed by atoms with van der Waals surface area (Å²) < 4.78 is 10.7. The number of aliphatic hydroxyl groups is 1. The van der Waals surface area contributed by atoms with Gasteiger partial charge in [0.15, 0.2) is 0 Å². The van der Waals surface area contributed by atoms with Gasteiger partial charge in [-0.25, -0.2) is 0 Å². The van der Waals surface area contributed by atoms with E-state index in [4.69, 9.17) is 9.47 Å². The van der Waals surface area contributed by atoms with Crippen LogP contribution in [0.25, 0.3) is 5.76 Å². The molecule has 2 aromatic rings. The number of pyridine rings is 1. The van der Waals surface area contributed by atoms with E-state index in [0.717, 1.165) is 6.42 Å². The van der Waals surface area contributed by atoms with E-state index >= 15 is 0 Å². The number of carbonyl (C=O) groups excluding carboxylic acids is 2. The zero-order chi connectivity index (χ0) is 21.5. The van der Waals surface area contributed by atoms with Crippen LogP contribution in [0.4, 0.5) is 0 Å². The SMILES string of the molecule is CCCOc1ccc(C(O)=C2C(=O)C(=O)N(CCCOC)[C@@H]2c2ccncc2)cc1. The normalized spacial score (nSPS) is 18.1. The maximum Gasteiger partial charge on any atom is 0.295 e. The number of aliphatic hydroxyl groups excluding tert-OH is 1. The highest BCUT2D eigenvalue weighted by Crippen LogP contribution is 2.39. The minimum atomic E-state index is -0.696. The van der Waals surface area contributed by atoms with Crippen molar-refractivity contribution in [3.8, 4) is 5.75 Å². The molecule has 30 heavy (non-hydrogen) atoms. The van der Waals surface area contributed by atoms with E-state index in [9.17, 15) is 14.7 Å². The summed E-state index contributed by atoms with van der Waals surface area (Å²) in [5.74, 6) is -0.846. The summed E-state index contributed by atoms with van der Waals surface area (Å²) in [5.41, 5.74) is 1.24. The van der Waals surface area contributed by atoms with E-state index < -0.39 is 17.7 Å². The Bertz CT molecular complexity index is 909. The number of Topliss-reactive ketones (excluding diaryl/α,β-unsaturated/α-hetero) is 1. The van der Waals surface area contributed by atoms with E-state index in [2.05, 4.69) is 4.98 Å². The fourth-order valence-corrected chi connectivity index (χ4v) is 3.47. The Labute approximate surface area is 175 Å². The van der Waals surface area contributed by atoms with Gasteiger partial charge < -0.3 is 19.5 Å². The van der Waals surface area contributed by atoms with Crippen molar-refractivity contribution in [2.24, 2.45) is 0 Å². The van der Waals surface area contributed by atoms with Crippen LogP contribution in [0.5, 0.6) is 5.75 Å². The topological polar surface area (TPSA) is 89.0 Å². The predicted molar refractivity (Wildman–Crippen MR) is 112 cm³/mol. The van der Waals surface area contributed by atoms with E-state index in [1.807, 2.05) is 6.92 Å². The van der Waals surface area contributed by atoms with Gasteiger partial charge >= 0.3 is 0 Å².